The highest BCUT2D eigenvalue weighted by molar-refractivity contribution is 5.88. The number of aliphatic carboxylic acids is 1. The molecular formula is C14H25NO3. The second-order valence-corrected chi connectivity index (χ2v) is 5.48. The monoisotopic (exact) mass is 255 g/mol. The minimum Gasteiger partial charge on any atom is -0.480 e. The maximum absolute atomic E-state index is 12.1. The van der Waals surface area contributed by atoms with Gasteiger partial charge in [0.2, 0.25) is 5.91 Å². The molecule has 1 atom stereocenters. The Morgan fingerprint density at radius 2 is 1.89 bits per heavy atom. The summed E-state index contributed by atoms with van der Waals surface area (Å²) < 4.78 is 0. The van der Waals surface area contributed by atoms with Crippen LogP contribution >= 0.6 is 0 Å². The molecule has 0 aromatic heterocycles. The van der Waals surface area contributed by atoms with Crippen LogP contribution in [0.3, 0.4) is 0 Å². The first kappa shape index (κ1) is 15.0. The number of amides is 1. The van der Waals surface area contributed by atoms with Crippen LogP contribution < -0.4 is 5.32 Å². The lowest BCUT2D eigenvalue weighted by molar-refractivity contribution is -0.150. The second kappa shape index (κ2) is 6.76. The van der Waals surface area contributed by atoms with Crippen molar-refractivity contribution in [3.63, 3.8) is 0 Å². The Labute approximate surface area is 109 Å². The van der Waals surface area contributed by atoms with Gasteiger partial charge in [0.05, 0.1) is 0 Å². The lowest BCUT2D eigenvalue weighted by atomic mass is 9.81. The molecular weight excluding hydrogens is 230 g/mol. The molecule has 1 aliphatic rings. The van der Waals surface area contributed by atoms with Crippen molar-refractivity contribution in [2.24, 2.45) is 5.92 Å². The number of hydrogen-bond donors (Lipinski definition) is 2. The number of nitrogens with one attached hydrogen (secondary N) is 1. The van der Waals surface area contributed by atoms with Crippen LogP contribution in [0.4, 0.5) is 0 Å². The van der Waals surface area contributed by atoms with E-state index in [9.17, 15) is 14.7 Å². The highest BCUT2D eigenvalue weighted by atomic mass is 16.4. The van der Waals surface area contributed by atoms with E-state index in [2.05, 4.69) is 12.2 Å². The van der Waals surface area contributed by atoms with Crippen molar-refractivity contribution in [3.8, 4) is 0 Å². The SMILES string of the molecule is CCCCC(C)C(=O)NC1(C(=O)O)CCCCC1. The summed E-state index contributed by atoms with van der Waals surface area (Å²) in [6.45, 7) is 3.97. The first-order valence-electron chi connectivity index (χ1n) is 7.07. The zero-order chi connectivity index (χ0) is 13.6. The van der Waals surface area contributed by atoms with Crippen molar-refractivity contribution in [2.75, 3.05) is 0 Å². The Balaban J connectivity index is 2.60. The van der Waals surface area contributed by atoms with Crippen molar-refractivity contribution in [2.45, 2.75) is 70.8 Å². The third kappa shape index (κ3) is 3.72. The van der Waals surface area contributed by atoms with Gasteiger partial charge in [-0.3, -0.25) is 4.79 Å². The number of hydrogen-bond acceptors (Lipinski definition) is 2. The van der Waals surface area contributed by atoms with E-state index < -0.39 is 11.5 Å². The predicted octanol–water partition coefficient (Wildman–Crippen LogP) is 2.72. The highest BCUT2D eigenvalue weighted by Gasteiger charge is 2.41. The topological polar surface area (TPSA) is 66.4 Å². The molecule has 18 heavy (non-hydrogen) atoms. The van der Waals surface area contributed by atoms with Crippen molar-refractivity contribution in [1.82, 2.24) is 5.32 Å². The van der Waals surface area contributed by atoms with Crippen molar-refractivity contribution < 1.29 is 14.7 Å². The minimum absolute atomic E-state index is 0.0944. The van der Waals surface area contributed by atoms with Gasteiger partial charge in [-0.1, -0.05) is 46.0 Å². The standard InChI is InChI=1S/C14H25NO3/c1-3-4-8-11(2)12(16)15-14(13(17)18)9-6-5-7-10-14/h11H,3-10H2,1-2H3,(H,15,16)(H,17,18). The summed E-state index contributed by atoms with van der Waals surface area (Å²) >= 11 is 0. The van der Waals surface area contributed by atoms with E-state index >= 15 is 0 Å². The Bertz CT molecular complexity index is 295. The molecule has 0 radical (unpaired) electrons. The number of carboxylic acid groups (broad SMARTS) is 1. The van der Waals surface area contributed by atoms with E-state index in [1.165, 1.54) is 0 Å². The summed E-state index contributed by atoms with van der Waals surface area (Å²) in [6.07, 6.45) is 6.86. The zero-order valence-corrected chi connectivity index (χ0v) is 11.5. The van der Waals surface area contributed by atoms with E-state index in [1.807, 2.05) is 6.92 Å². The molecule has 1 unspecified atom stereocenters. The maximum atomic E-state index is 12.1. The molecule has 1 amide bonds. The summed E-state index contributed by atoms with van der Waals surface area (Å²) in [5, 5.41) is 12.2. The first-order chi connectivity index (χ1) is 8.52. The van der Waals surface area contributed by atoms with E-state index in [-0.39, 0.29) is 11.8 Å². The van der Waals surface area contributed by atoms with Crippen LogP contribution in [-0.4, -0.2) is 22.5 Å². The average molecular weight is 255 g/mol. The quantitative estimate of drug-likeness (QED) is 0.767. The van der Waals surface area contributed by atoms with Crippen LogP contribution in [-0.2, 0) is 9.59 Å². The highest BCUT2D eigenvalue weighted by Crippen LogP contribution is 2.29. The molecule has 1 rings (SSSR count). The van der Waals surface area contributed by atoms with E-state index in [0.717, 1.165) is 38.5 Å². The molecule has 4 nitrogen and oxygen atoms in total. The number of unbranched alkanes of at least 4 members (excludes halogenated alkanes) is 1. The van der Waals surface area contributed by atoms with Gasteiger partial charge in [0.1, 0.15) is 5.54 Å². The number of carbonyl (C=O) groups excluding carboxylic acids is 1. The van der Waals surface area contributed by atoms with Crippen LogP contribution in [0.25, 0.3) is 0 Å². The number of carboxylic acids is 1. The fraction of sp³-hybridized carbons (Fsp3) is 0.857. The normalized spacial score (nSPS) is 20.1. The van der Waals surface area contributed by atoms with Crippen LogP contribution in [0.1, 0.15) is 65.2 Å². The molecule has 2 N–H and O–H groups in total. The van der Waals surface area contributed by atoms with Gasteiger partial charge >= 0.3 is 5.97 Å². The van der Waals surface area contributed by atoms with Crippen molar-refractivity contribution in [3.05, 3.63) is 0 Å². The lowest BCUT2D eigenvalue weighted by Crippen LogP contribution is -2.56. The fourth-order valence-electron chi connectivity index (χ4n) is 2.55. The van der Waals surface area contributed by atoms with Crippen LogP contribution in [0.5, 0.6) is 0 Å². The summed E-state index contributed by atoms with van der Waals surface area (Å²) in [4.78, 5) is 23.5. The van der Waals surface area contributed by atoms with Crippen LogP contribution in [0.2, 0.25) is 0 Å². The second-order valence-electron chi connectivity index (χ2n) is 5.48. The third-order valence-corrected chi connectivity index (χ3v) is 3.92. The van der Waals surface area contributed by atoms with Gasteiger partial charge in [0, 0.05) is 5.92 Å². The van der Waals surface area contributed by atoms with Crippen molar-refractivity contribution in [1.29, 1.82) is 0 Å². The van der Waals surface area contributed by atoms with E-state index in [1.54, 1.807) is 0 Å². The van der Waals surface area contributed by atoms with Gasteiger partial charge in [0.15, 0.2) is 0 Å². The van der Waals surface area contributed by atoms with Gasteiger partial charge in [0.25, 0.3) is 0 Å². The fourth-order valence-corrected chi connectivity index (χ4v) is 2.55. The van der Waals surface area contributed by atoms with Gasteiger partial charge in [-0.05, 0) is 19.3 Å². The summed E-state index contributed by atoms with van der Waals surface area (Å²) in [5.74, 6) is -1.07. The van der Waals surface area contributed by atoms with Crippen LogP contribution in [0, 0.1) is 5.92 Å². The molecule has 0 saturated heterocycles. The largest absolute Gasteiger partial charge is 0.480 e. The molecule has 0 aromatic carbocycles. The Kier molecular flexibility index (Phi) is 5.63. The molecule has 0 heterocycles. The first-order valence-corrected chi connectivity index (χ1v) is 7.07. The van der Waals surface area contributed by atoms with E-state index in [4.69, 9.17) is 0 Å². The molecule has 0 bridgehead atoms. The number of rotatable bonds is 6. The van der Waals surface area contributed by atoms with Gasteiger partial charge < -0.3 is 10.4 Å². The summed E-state index contributed by atoms with van der Waals surface area (Å²) in [7, 11) is 0. The third-order valence-electron chi connectivity index (χ3n) is 3.92. The summed E-state index contributed by atoms with van der Waals surface area (Å²) in [6, 6.07) is 0. The lowest BCUT2D eigenvalue weighted by Gasteiger charge is -2.34. The van der Waals surface area contributed by atoms with E-state index in [0.29, 0.717) is 12.8 Å². The average Bonchev–Trinajstić information content (AvgIpc) is 2.36. The van der Waals surface area contributed by atoms with Gasteiger partial charge in [-0.2, -0.15) is 0 Å². The minimum atomic E-state index is -1.00. The Hall–Kier alpha value is -1.06. The zero-order valence-electron chi connectivity index (χ0n) is 11.5. The van der Waals surface area contributed by atoms with Crippen LogP contribution in [0.15, 0.2) is 0 Å². The maximum Gasteiger partial charge on any atom is 0.329 e. The molecule has 1 fully saturated rings. The Morgan fingerprint density at radius 1 is 1.28 bits per heavy atom. The molecule has 0 aliphatic heterocycles. The molecule has 1 saturated carbocycles. The summed E-state index contributed by atoms with van der Waals surface area (Å²) in [5.41, 5.74) is -1.00. The van der Waals surface area contributed by atoms with Gasteiger partial charge in [-0.15, -0.1) is 0 Å². The number of carbonyl (C=O) groups is 2. The molecule has 0 spiro atoms. The molecule has 1 aliphatic carbocycles. The predicted molar refractivity (Wildman–Crippen MR) is 70.3 cm³/mol. The van der Waals surface area contributed by atoms with Crippen molar-refractivity contribution >= 4 is 11.9 Å². The van der Waals surface area contributed by atoms with Gasteiger partial charge in [-0.25, -0.2) is 4.79 Å². The Morgan fingerprint density at radius 3 is 2.39 bits per heavy atom. The molecule has 104 valence electrons. The smallest absolute Gasteiger partial charge is 0.329 e. The molecule has 0 aromatic rings. The molecule has 4 heteroatoms.